The summed E-state index contributed by atoms with van der Waals surface area (Å²) < 4.78 is 38.9. The zero-order valence-electron chi connectivity index (χ0n) is 13.0. The summed E-state index contributed by atoms with van der Waals surface area (Å²) in [5.41, 5.74) is 0.550. The fourth-order valence-corrected chi connectivity index (χ4v) is 3.97. The molecule has 1 aliphatic heterocycles. The van der Waals surface area contributed by atoms with Gasteiger partial charge in [-0.05, 0) is 44.0 Å². The molecule has 1 aliphatic rings. The van der Waals surface area contributed by atoms with Crippen LogP contribution in [0.15, 0.2) is 35.4 Å². The van der Waals surface area contributed by atoms with Gasteiger partial charge in [0, 0.05) is 24.7 Å². The van der Waals surface area contributed by atoms with E-state index in [9.17, 15) is 8.42 Å². The van der Waals surface area contributed by atoms with Crippen LogP contribution in [-0.2, 0) is 14.8 Å². The highest BCUT2D eigenvalue weighted by Gasteiger charge is 2.22. The van der Waals surface area contributed by atoms with Crippen molar-refractivity contribution in [1.29, 1.82) is 0 Å². The third kappa shape index (κ3) is 3.46. The number of rotatable bonds is 6. The summed E-state index contributed by atoms with van der Waals surface area (Å²) in [5.74, 6) is 0.584. The average molecular weight is 336 g/mol. The summed E-state index contributed by atoms with van der Waals surface area (Å²) in [6.45, 7) is 3.36. The standard InChI is InChI=1S/C16H20N2O4S/c1-2-21-14-7-8-15(13-6-3-9-17-16(13)14)23(19,20)18-11-12-5-4-10-22-12/h3,6-9,12,18H,2,4-5,10-11H2,1H3/t12-/m1/s1. The Labute approximate surface area is 135 Å². The first-order valence-corrected chi connectivity index (χ1v) is 9.22. The smallest absolute Gasteiger partial charge is 0.241 e. The molecule has 3 rings (SSSR count). The second-order valence-electron chi connectivity index (χ2n) is 5.38. The third-order valence-electron chi connectivity index (χ3n) is 3.81. The van der Waals surface area contributed by atoms with Crippen LogP contribution in [-0.4, -0.2) is 39.3 Å². The number of hydrogen-bond donors (Lipinski definition) is 1. The van der Waals surface area contributed by atoms with Gasteiger partial charge in [-0.1, -0.05) is 0 Å². The topological polar surface area (TPSA) is 77.5 Å². The molecule has 1 saturated heterocycles. The molecular formula is C16H20N2O4S. The lowest BCUT2D eigenvalue weighted by atomic mass is 10.2. The minimum atomic E-state index is -3.63. The maximum Gasteiger partial charge on any atom is 0.241 e. The number of nitrogens with zero attached hydrogens (tertiary/aromatic N) is 1. The van der Waals surface area contributed by atoms with Crippen molar-refractivity contribution in [2.45, 2.75) is 30.8 Å². The van der Waals surface area contributed by atoms with E-state index in [4.69, 9.17) is 9.47 Å². The molecule has 0 unspecified atom stereocenters. The van der Waals surface area contributed by atoms with Crippen molar-refractivity contribution in [1.82, 2.24) is 9.71 Å². The van der Waals surface area contributed by atoms with Crippen molar-refractivity contribution in [2.24, 2.45) is 0 Å². The van der Waals surface area contributed by atoms with Crippen LogP contribution in [0.1, 0.15) is 19.8 Å². The normalized spacial score (nSPS) is 18.4. The molecule has 2 aromatic rings. The maximum atomic E-state index is 12.6. The second kappa shape index (κ2) is 6.82. The van der Waals surface area contributed by atoms with Gasteiger partial charge in [0.25, 0.3) is 0 Å². The number of fused-ring (bicyclic) bond motifs is 1. The number of nitrogens with one attached hydrogen (secondary N) is 1. The van der Waals surface area contributed by atoms with Crippen molar-refractivity contribution < 1.29 is 17.9 Å². The maximum absolute atomic E-state index is 12.6. The molecule has 1 N–H and O–H groups in total. The first-order chi connectivity index (χ1) is 11.1. The fourth-order valence-electron chi connectivity index (χ4n) is 2.71. The highest BCUT2D eigenvalue weighted by Crippen LogP contribution is 2.29. The van der Waals surface area contributed by atoms with Crippen LogP contribution in [0.3, 0.4) is 0 Å². The lowest BCUT2D eigenvalue weighted by Crippen LogP contribution is -2.32. The van der Waals surface area contributed by atoms with Crippen LogP contribution < -0.4 is 9.46 Å². The van der Waals surface area contributed by atoms with Crippen LogP contribution in [0.4, 0.5) is 0 Å². The molecule has 1 fully saturated rings. The molecular weight excluding hydrogens is 316 g/mol. The van der Waals surface area contributed by atoms with Crippen molar-refractivity contribution in [3.63, 3.8) is 0 Å². The Bertz CT molecular complexity index is 786. The number of hydrogen-bond acceptors (Lipinski definition) is 5. The van der Waals surface area contributed by atoms with Crippen molar-refractivity contribution >= 4 is 20.9 Å². The van der Waals surface area contributed by atoms with Crippen LogP contribution in [0.25, 0.3) is 10.9 Å². The fraction of sp³-hybridized carbons (Fsp3) is 0.438. The van der Waals surface area contributed by atoms with E-state index in [-0.39, 0.29) is 17.5 Å². The van der Waals surface area contributed by atoms with Gasteiger partial charge in [-0.25, -0.2) is 13.1 Å². The van der Waals surface area contributed by atoms with Gasteiger partial charge in [0.15, 0.2) is 0 Å². The Balaban J connectivity index is 1.93. The zero-order valence-corrected chi connectivity index (χ0v) is 13.8. The molecule has 23 heavy (non-hydrogen) atoms. The number of benzene rings is 1. The van der Waals surface area contributed by atoms with E-state index in [1.807, 2.05) is 6.92 Å². The molecule has 0 saturated carbocycles. The minimum absolute atomic E-state index is 0.0446. The van der Waals surface area contributed by atoms with E-state index in [1.165, 1.54) is 0 Å². The van der Waals surface area contributed by atoms with Crippen molar-refractivity contribution in [2.75, 3.05) is 19.8 Å². The van der Waals surface area contributed by atoms with Gasteiger partial charge in [0.2, 0.25) is 10.0 Å². The van der Waals surface area contributed by atoms with E-state index < -0.39 is 10.0 Å². The summed E-state index contributed by atoms with van der Waals surface area (Å²) in [6.07, 6.45) is 3.44. The van der Waals surface area contributed by atoms with Gasteiger partial charge < -0.3 is 9.47 Å². The summed E-state index contributed by atoms with van der Waals surface area (Å²) in [7, 11) is -3.63. The summed E-state index contributed by atoms with van der Waals surface area (Å²) in [6, 6.07) is 6.68. The van der Waals surface area contributed by atoms with Crippen LogP contribution in [0.5, 0.6) is 5.75 Å². The SMILES string of the molecule is CCOc1ccc(S(=O)(=O)NC[C@H]2CCCO2)c2cccnc12. The van der Waals surface area contributed by atoms with E-state index in [0.29, 0.717) is 29.9 Å². The molecule has 1 aromatic carbocycles. The Morgan fingerprint density at radius 3 is 3.00 bits per heavy atom. The van der Waals surface area contributed by atoms with Gasteiger partial charge in [-0.15, -0.1) is 0 Å². The molecule has 0 amide bonds. The van der Waals surface area contributed by atoms with Gasteiger partial charge in [-0.2, -0.15) is 0 Å². The van der Waals surface area contributed by atoms with Gasteiger partial charge in [0.1, 0.15) is 11.3 Å². The lowest BCUT2D eigenvalue weighted by molar-refractivity contribution is 0.114. The molecule has 124 valence electrons. The Kier molecular flexibility index (Phi) is 4.79. The highest BCUT2D eigenvalue weighted by atomic mass is 32.2. The molecule has 0 radical (unpaired) electrons. The summed E-state index contributed by atoms with van der Waals surface area (Å²) in [4.78, 5) is 4.48. The second-order valence-corrected chi connectivity index (χ2v) is 7.12. The Hall–Kier alpha value is -1.70. The summed E-state index contributed by atoms with van der Waals surface area (Å²) in [5, 5.41) is 0.554. The molecule has 0 spiro atoms. The summed E-state index contributed by atoms with van der Waals surface area (Å²) >= 11 is 0. The number of sulfonamides is 1. The monoisotopic (exact) mass is 336 g/mol. The highest BCUT2D eigenvalue weighted by molar-refractivity contribution is 7.89. The molecule has 1 atom stereocenters. The minimum Gasteiger partial charge on any atom is -0.492 e. The van der Waals surface area contributed by atoms with Crippen molar-refractivity contribution in [3.8, 4) is 5.75 Å². The molecule has 2 heterocycles. The van der Waals surface area contributed by atoms with Crippen LogP contribution in [0.2, 0.25) is 0 Å². The molecule has 7 heteroatoms. The number of ether oxygens (including phenoxy) is 2. The predicted octanol–water partition coefficient (Wildman–Crippen LogP) is 2.09. The van der Waals surface area contributed by atoms with Gasteiger partial charge in [0.05, 0.1) is 17.6 Å². The van der Waals surface area contributed by atoms with Crippen molar-refractivity contribution in [3.05, 3.63) is 30.5 Å². The van der Waals surface area contributed by atoms with E-state index in [0.717, 1.165) is 12.8 Å². The van der Waals surface area contributed by atoms with E-state index in [1.54, 1.807) is 30.5 Å². The molecule has 0 bridgehead atoms. The number of pyridine rings is 1. The van der Waals surface area contributed by atoms with E-state index >= 15 is 0 Å². The van der Waals surface area contributed by atoms with Gasteiger partial charge >= 0.3 is 0 Å². The molecule has 0 aliphatic carbocycles. The Morgan fingerprint density at radius 2 is 2.26 bits per heavy atom. The zero-order chi connectivity index (χ0) is 16.3. The van der Waals surface area contributed by atoms with Crippen LogP contribution >= 0.6 is 0 Å². The van der Waals surface area contributed by atoms with Crippen LogP contribution in [0, 0.1) is 0 Å². The lowest BCUT2D eigenvalue weighted by Gasteiger charge is -2.14. The molecule has 6 nitrogen and oxygen atoms in total. The first-order valence-electron chi connectivity index (χ1n) is 7.73. The number of aromatic nitrogens is 1. The quantitative estimate of drug-likeness (QED) is 0.874. The van der Waals surface area contributed by atoms with Gasteiger partial charge in [-0.3, -0.25) is 4.98 Å². The first kappa shape index (κ1) is 16.2. The largest absolute Gasteiger partial charge is 0.492 e. The van der Waals surface area contributed by atoms with E-state index in [2.05, 4.69) is 9.71 Å². The average Bonchev–Trinajstić information content (AvgIpc) is 3.07. The molecule has 1 aromatic heterocycles. The third-order valence-corrected chi connectivity index (χ3v) is 5.29. The Morgan fingerprint density at radius 1 is 1.39 bits per heavy atom. The predicted molar refractivity (Wildman–Crippen MR) is 87.1 cm³/mol.